The van der Waals surface area contributed by atoms with E-state index in [4.69, 9.17) is 0 Å². The van der Waals surface area contributed by atoms with Crippen molar-refractivity contribution < 1.29 is 9.90 Å². The molecule has 2 N–H and O–H groups in total. The van der Waals surface area contributed by atoms with E-state index in [1.807, 2.05) is 18.2 Å². The van der Waals surface area contributed by atoms with Gasteiger partial charge in [-0.25, -0.2) is 0 Å². The lowest BCUT2D eigenvalue weighted by Crippen LogP contribution is -2.51. The summed E-state index contributed by atoms with van der Waals surface area (Å²) in [5.41, 5.74) is 0.135. The molecule has 1 aliphatic carbocycles. The highest BCUT2D eigenvalue weighted by Crippen LogP contribution is 2.27. The van der Waals surface area contributed by atoms with Crippen molar-refractivity contribution in [2.45, 2.75) is 50.6 Å². The number of nitrogens with zero attached hydrogens (tertiary/aromatic N) is 1. The van der Waals surface area contributed by atoms with Gasteiger partial charge in [0.15, 0.2) is 0 Å². The van der Waals surface area contributed by atoms with Gasteiger partial charge in [0.05, 0.1) is 5.69 Å². The van der Waals surface area contributed by atoms with Gasteiger partial charge in [0.25, 0.3) is 0 Å². The summed E-state index contributed by atoms with van der Waals surface area (Å²) in [6.45, 7) is 0.521. The lowest BCUT2D eigenvalue weighted by Gasteiger charge is -2.29. The van der Waals surface area contributed by atoms with E-state index in [0.29, 0.717) is 6.54 Å². The maximum Gasteiger partial charge on any atom is 0.323 e. The second-order valence-corrected chi connectivity index (χ2v) is 4.98. The predicted molar refractivity (Wildman–Crippen MR) is 69.1 cm³/mol. The fraction of sp³-hybridized carbons (Fsp3) is 0.571. The first-order valence-electron chi connectivity index (χ1n) is 6.61. The van der Waals surface area contributed by atoms with Gasteiger partial charge in [-0.05, 0) is 25.0 Å². The minimum Gasteiger partial charge on any atom is -0.480 e. The summed E-state index contributed by atoms with van der Waals surface area (Å²) < 4.78 is 0. The predicted octanol–water partition coefficient (Wildman–Crippen LogP) is 2.35. The van der Waals surface area contributed by atoms with Crippen LogP contribution in [0.25, 0.3) is 0 Å². The van der Waals surface area contributed by atoms with Gasteiger partial charge in [0.1, 0.15) is 5.54 Å². The first-order chi connectivity index (χ1) is 8.73. The van der Waals surface area contributed by atoms with Gasteiger partial charge in [-0.2, -0.15) is 0 Å². The Bertz CT molecular complexity index is 384. The Morgan fingerprint density at radius 3 is 2.56 bits per heavy atom. The number of aromatic nitrogens is 1. The van der Waals surface area contributed by atoms with Crippen molar-refractivity contribution in [3.05, 3.63) is 30.1 Å². The van der Waals surface area contributed by atoms with Crippen LogP contribution in [0, 0.1) is 0 Å². The molecule has 0 spiro atoms. The lowest BCUT2D eigenvalue weighted by atomic mass is 9.90. The van der Waals surface area contributed by atoms with E-state index in [9.17, 15) is 9.90 Å². The Balaban J connectivity index is 2.04. The maximum absolute atomic E-state index is 11.6. The summed E-state index contributed by atoms with van der Waals surface area (Å²) in [7, 11) is 0. The number of hydrogen-bond acceptors (Lipinski definition) is 3. The molecule has 1 aliphatic rings. The van der Waals surface area contributed by atoms with Gasteiger partial charge in [-0.15, -0.1) is 0 Å². The summed E-state index contributed by atoms with van der Waals surface area (Å²) in [6.07, 6.45) is 7.42. The molecule has 1 saturated carbocycles. The highest BCUT2D eigenvalue weighted by atomic mass is 16.4. The standard InChI is InChI=1S/C14H20N2O2/c17-13(18)14(8-4-1-2-5-9-14)16-11-12-7-3-6-10-15-12/h3,6-7,10,16H,1-2,4-5,8-9,11H2,(H,17,18). The zero-order chi connectivity index (χ0) is 12.8. The average Bonchev–Trinajstić information content (AvgIpc) is 2.64. The molecule has 1 aromatic rings. The quantitative estimate of drug-likeness (QED) is 0.803. The molecular weight excluding hydrogens is 228 g/mol. The minimum atomic E-state index is -0.756. The fourth-order valence-corrected chi connectivity index (χ4v) is 2.56. The van der Waals surface area contributed by atoms with E-state index >= 15 is 0 Å². The van der Waals surface area contributed by atoms with Crippen molar-refractivity contribution >= 4 is 5.97 Å². The van der Waals surface area contributed by atoms with Crippen LogP contribution < -0.4 is 5.32 Å². The molecule has 0 saturated heterocycles. The molecule has 0 radical (unpaired) electrons. The molecule has 1 heterocycles. The number of carboxylic acid groups (broad SMARTS) is 1. The first kappa shape index (κ1) is 13.0. The highest BCUT2D eigenvalue weighted by molar-refractivity contribution is 5.78. The molecule has 2 rings (SSSR count). The van der Waals surface area contributed by atoms with Crippen molar-refractivity contribution in [3.63, 3.8) is 0 Å². The van der Waals surface area contributed by atoms with Crippen molar-refractivity contribution in [1.82, 2.24) is 10.3 Å². The zero-order valence-corrected chi connectivity index (χ0v) is 10.6. The third-order valence-electron chi connectivity index (χ3n) is 3.70. The number of carboxylic acids is 1. The van der Waals surface area contributed by atoms with Crippen LogP contribution in [0.1, 0.15) is 44.2 Å². The second-order valence-electron chi connectivity index (χ2n) is 4.98. The van der Waals surface area contributed by atoms with Gasteiger partial charge in [-0.1, -0.05) is 31.7 Å². The van der Waals surface area contributed by atoms with E-state index in [1.165, 1.54) is 0 Å². The van der Waals surface area contributed by atoms with E-state index in [0.717, 1.165) is 44.2 Å². The van der Waals surface area contributed by atoms with Crippen molar-refractivity contribution in [2.24, 2.45) is 0 Å². The summed E-state index contributed by atoms with van der Waals surface area (Å²) in [5.74, 6) is -0.722. The summed E-state index contributed by atoms with van der Waals surface area (Å²) >= 11 is 0. The van der Waals surface area contributed by atoms with E-state index < -0.39 is 11.5 Å². The molecular formula is C14H20N2O2. The number of nitrogens with one attached hydrogen (secondary N) is 1. The van der Waals surface area contributed by atoms with Crippen molar-refractivity contribution in [3.8, 4) is 0 Å². The monoisotopic (exact) mass is 248 g/mol. The van der Waals surface area contributed by atoms with Crippen molar-refractivity contribution in [1.29, 1.82) is 0 Å². The molecule has 98 valence electrons. The van der Waals surface area contributed by atoms with E-state index in [2.05, 4.69) is 10.3 Å². The van der Waals surface area contributed by atoms with Gasteiger partial charge >= 0.3 is 5.97 Å². The summed E-state index contributed by atoms with van der Waals surface area (Å²) in [6, 6.07) is 5.70. The van der Waals surface area contributed by atoms with Crippen molar-refractivity contribution in [2.75, 3.05) is 0 Å². The van der Waals surface area contributed by atoms with Crippen LogP contribution in [-0.2, 0) is 11.3 Å². The van der Waals surface area contributed by atoms with Crippen LogP contribution in [-0.4, -0.2) is 21.6 Å². The maximum atomic E-state index is 11.6. The first-order valence-corrected chi connectivity index (χ1v) is 6.61. The molecule has 0 amide bonds. The molecule has 1 fully saturated rings. The van der Waals surface area contributed by atoms with Gasteiger partial charge in [0.2, 0.25) is 0 Å². The molecule has 0 aromatic carbocycles. The van der Waals surface area contributed by atoms with E-state index in [1.54, 1.807) is 6.20 Å². The Kier molecular flexibility index (Phi) is 4.31. The number of carbonyl (C=O) groups is 1. The Hall–Kier alpha value is -1.42. The molecule has 0 bridgehead atoms. The second kappa shape index (κ2) is 5.96. The van der Waals surface area contributed by atoms with Crippen LogP contribution in [0.3, 0.4) is 0 Å². The Labute approximate surface area is 107 Å². The summed E-state index contributed by atoms with van der Waals surface area (Å²) in [4.78, 5) is 15.8. The van der Waals surface area contributed by atoms with Crippen LogP contribution in [0.4, 0.5) is 0 Å². The Morgan fingerprint density at radius 1 is 1.28 bits per heavy atom. The van der Waals surface area contributed by atoms with Crippen LogP contribution in [0.15, 0.2) is 24.4 Å². The topological polar surface area (TPSA) is 62.2 Å². The van der Waals surface area contributed by atoms with Crippen LogP contribution >= 0.6 is 0 Å². The van der Waals surface area contributed by atoms with Crippen LogP contribution in [0.2, 0.25) is 0 Å². The number of hydrogen-bond donors (Lipinski definition) is 2. The molecule has 0 unspecified atom stereocenters. The smallest absolute Gasteiger partial charge is 0.323 e. The normalized spacial score (nSPS) is 19.1. The largest absolute Gasteiger partial charge is 0.480 e. The molecule has 18 heavy (non-hydrogen) atoms. The molecule has 0 aliphatic heterocycles. The number of aliphatic carboxylic acids is 1. The summed E-state index contributed by atoms with van der Waals surface area (Å²) in [5, 5.41) is 12.7. The number of pyridine rings is 1. The van der Waals surface area contributed by atoms with Gasteiger partial charge < -0.3 is 5.11 Å². The Morgan fingerprint density at radius 2 is 2.00 bits per heavy atom. The minimum absolute atomic E-state index is 0.521. The molecule has 4 nitrogen and oxygen atoms in total. The highest BCUT2D eigenvalue weighted by Gasteiger charge is 2.37. The van der Waals surface area contributed by atoms with E-state index in [-0.39, 0.29) is 0 Å². The SMILES string of the molecule is O=C(O)C1(NCc2ccccn2)CCCCCC1. The molecule has 0 atom stereocenters. The zero-order valence-electron chi connectivity index (χ0n) is 10.6. The third-order valence-corrected chi connectivity index (χ3v) is 3.70. The third kappa shape index (κ3) is 3.07. The van der Waals surface area contributed by atoms with Crippen LogP contribution in [0.5, 0.6) is 0 Å². The van der Waals surface area contributed by atoms with Gasteiger partial charge in [-0.3, -0.25) is 15.1 Å². The molecule has 1 aromatic heterocycles. The molecule has 4 heteroatoms. The average molecular weight is 248 g/mol. The van der Waals surface area contributed by atoms with Gasteiger partial charge in [0, 0.05) is 12.7 Å². The fourth-order valence-electron chi connectivity index (χ4n) is 2.56. The number of rotatable bonds is 4. The lowest BCUT2D eigenvalue weighted by molar-refractivity contribution is -0.145.